The molecule has 0 aromatic carbocycles. The minimum absolute atomic E-state index is 0.127. The number of hydrogen-bond donors (Lipinski definition) is 1. The highest BCUT2D eigenvalue weighted by atomic mass is 16.5. The third kappa shape index (κ3) is 2.30. The standard InChI is InChI=1S/C14H23N3O2/c1-16-7-4-12(15-16)13(18)14(5-2-3-6-14)17-8-10-19-11-9-17/h4,7,13,18H,2-3,5-6,8-11H2,1H3. The molecule has 5 nitrogen and oxygen atoms in total. The molecule has 2 fully saturated rings. The number of nitrogens with zero attached hydrogens (tertiary/aromatic N) is 3. The van der Waals surface area contributed by atoms with Crippen molar-refractivity contribution >= 4 is 0 Å². The summed E-state index contributed by atoms with van der Waals surface area (Å²) in [5.41, 5.74) is 0.675. The molecule has 1 atom stereocenters. The topological polar surface area (TPSA) is 50.5 Å². The molecule has 19 heavy (non-hydrogen) atoms. The second kappa shape index (κ2) is 5.23. The molecule has 0 bridgehead atoms. The summed E-state index contributed by atoms with van der Waals surface area (Å²) in [6.07, 6.45) is 5.92. The lowest BCUT2D eigenvalue weighted by atomic mass is 9.86. The maximum absolute atomic E-state index is 10.9. The highest BCUT2D eigenvalue weighted by Gasteiger charge is 2.47. The van der Waals surface area contributed by atoms with Gasteiger partial charge in [0.15, 0.2) is 0 Å². The summed E-state index contributed by atoms with van der Waals surface area (Å²) in [4.78, 5) is 2.43. The number of hydrogen-bond acceptors (Lipinski definition) is 4. The number of rotatable bonds is 3. The van der Waals surface area contributed by atoms with E-state index in [1.165, 1.54) is 12.8 Å². The molecule has 1 aromatic heterocycles. The molecule has 1 N–H and O–H groups in total. The lowest BCUT2D eigenvalue weighted by molar-refractivity contribution is -0.0788. The Bertz CT molecular complexity index is 420. The first-order valence-electron chi connectivity index (χ1n) is 7.23. The van der Waals surface area contributed by atoms with Crippen molar-refractivity contribution in [2.24, 2.45) is 7.05 Å². The van der Waals surface area contributed by atoms with E-state index in [1.54, 1.807) is 4.68 Å². The van der Waals surface area contributed by atoms with Crippen LogP contribution in [0.2, 0.25) is 0 Å². The Labute approximate surface area is 114 Å². The van der Waals surface area contributed by atoms with Gasteiger partial charge in [-0.05, 0) is 18.9 Å². The molecule has 2 aliphatic rings. The Morgan fingerprint density at radius 3 is 2.58 bits per heavy atom. The van der Waals surface area contributed by atoms with Crippen LogP contribution in [0, 0.1) is 0 Å². The third-order valence-electron chi connectivity index (χ3n) is 4.63. The molecular weight excluding hydrogens is 242 g/mol. The van der Waals surface area contributed by atoms with Crippen LogP contribution in [0.5, 0.6) is 0 Å². The van der Waals surface area contributed by atoms with Crippen LogP contribution in [0.1, 0.15) is 37.5 Å². The first-order chi connectivity index (χ1) is 9.22. The van der Waals surface area contributed by atoms with Gasteiger partial charge in [0.2, 0.25) is 0 Å². The van der Waals surface area contributed by atoms with Gasteiger partial charge in [0.05, 0.1) is 24.4 Å². The van der Waals surface area contributed by atoms with Gasteiger partial charge in [0.1, 0.15) is 6.10 Å². The third-order valence-corrected chi connectivity index (χ3v) is 4.63. The van der Waals surface area contributed by atoms with Gasteiger partial charge in [-0.3, -0.25) is 9.58 Å². The lowest BCUT2D eigenvalue weighted by Gasteiger charge is -2.45. The normalized spacial score (nSPS) is 25.6. The van der Waals surface area contributed by atoms with Crippen molar-refractivity contribution in [3.63, 3.8) is 0 Å². The van der Waals surface area contributed by atoms with E-state index in [0.29, 0.717) is 0 Å². The summed E-state index contributed by atoms with van der Waals surface area (Å²) < 4.78 is 7.22. The van der Waals surface area contributed by atoms with Gasteiger partial charge >= 0.3 is 0 Å². The van der Waals surface area contributed by atoms with E-state index in [2.05, 4.69) is 10.00 Å². The minimum Gasteiger partial charge on any atom is -0.385 e. The second-order valence-electron chi connectivity index (χ2n) is 5.73. The van der Waals surface area contributed by atoms with Crippen molar-refractivity contribution in [2.45, 2.75) is 37.3 Å². The molecule has 1 aliphatic heterocycles. The van der Waals surface area contributed by atoms with Crippen LogP contribution < -0.4 is 0 Å². The first kappa shape index (κ1) is 13.1. The molecule has 1 aliphatic carbocycles. The van der Waals surface area contributed by atoms with E-state index in [-0.39, 0.29) is 5.54 Å². The quantitative estimate of drug-likeness (QED) is 0.889. The minimum atomic E-state index is -0.491. The van der Waals surface area contributed by atoms with E-state index in [4.69, 9.17) is 4.74 Å². The molecule has 1 aromatic rings. The average molecular weight is 265 g/mol. The van der Waals surface area contributed by atoms with Crippen LogP contribution in [-0.4, -0.2) is 51.6 Å². The smallest absolute Gasteiger partial charge is 0.116 e. The van der Waals surface area contributed by atoms with Crippen molar-refractivity contribution in [2.75, 3.05) is 26.3 Å². The zero-order chi connectivity index (χ0) is 13.3. The number of aliphatic hydroxyl groups excluding tert-OH is 1. The van der Waals surface area contributed by atoms with E-state index in [0.717, 1.165) is 44.8 Å². The number of aromatic nitrogens is 2. The molecule has 1 saturated carbocycles. The monoisotopic (exact) mass is 265 g/mol. The van der Waals surface area contributed by atoms with E-state index < -0.39 is 6.10 Å². The predicted octanol–water partition coefficient (Wildman–Crippen LogP) is 1.10. The van der Waals surface area contributed by atoms with E-state index in [1.807, 2.05) is 19.3 Å². The zero-order valence-corrected chi connectivity index (χ0v) is 11.6. The van der Waals surface area contributed by atoms with Crippen molar-refractivity contribution < 1.29 is 9.84 Å². The summed E-state index contributed by atoms with van der Waals surface area (Å²) >= 11 is 0. The second-order valence-corrected chi connectivity index (χ2v) is 5.73. The highest BCUT2D eigenvalue weighted by molar-refractivity contribution is 5.13. The maximum atomic E-state index is 10.9. The Morgan fingerprint density at radius 2 is 2.00 bits per heavy atom. The number of morpholine rings is 1. The Hall–Kier alpha value is -0.910. The molecule has 106 valence electrons. The van der Waals surface area contributed by atoms with Gasteiger partial charge in [-0.1, -0.05) is 12.8 Å². The van der Waals surface area contributed by atoms with Gasteiger partial charge < -0.3 is 9.84 Å². The van der Waals surface area contributed by atoms with Crippen molar-refractivity contribution in [3.8, 4) is 0 Å². The molecule has 3 rings (SSSR count). The van der Waals surface area contributed by atoms with E-state index in [9.17, 15) is 5.11 Å². The Balaban J connectivity index is 1.86. The van der Waals surface area contributed by atoms with Crippen molar-refractivity contribution in [1.82, 2.24) is 14.7 Å². The Morgan fingerprint density at radius 1 is 1.32 bits per heavy atom. The largest absolute Gasteiger partial charge is 0.385 e. The SMILES string of the molecule is Cn1ccc(C(O)C2(N3CCOCC3)CCCC2)n1. The fourth-order valence-corrected chi connectivity index (χ4v) is 3.61. The highest BCUT2D eigenvalue weighted by Crippen LogP contribution is 2.44. The summed E-state index contributed by atoms with van der Waals surface area (Å²) in [6.45, 7) is 3.39. The molecule has 2 heterocycles. The van der Waals surface area contributed by atoms with Crippen molar-refractivity contribution in [1.29, 1.82) is 0 Å². The Kier molecular flexibility index (Phi) is 3.60. The maximum Gasteiger partial charge on any atom is 0.116 e. The van der Waals surface area contributed by atoms with Crippen LogP contribution in [0.15, 0.2) is 12.3 Å². The van der Waals surface area contributed by atoms with Crippen LogP contribution in [0.3, 0.4) is 0 Å². The van der Waals surface area contributed by atoms with Gasteiger partial charge in [-0.2, -0.15) is 5.10 Å². The lowest BCUT2D eigenvalue weighted by Crippen LogP contribution is -2.55. The van der Waals surface area contributed by atoms with Crippen LogP contribution in [0.25, 0.3) is 0 Å². The summed E-state index contributed by atoms with van der Waals surface area (Å²) in [5.74, 6) is 0. The molecule has 1 saturated heterocycles. The number of aliphatic hydroxyl groups is 1. The molecule has 1 unspecified atom stereocenters. The van der Waals surface area contributed by atoms with Gasteiger partial charge in [0, 0.05) is 26.3 Å². The average Bonchev–Trinajstić information content (AvgIpc) is 3.08. The van der Waals surface area contributed by atoms with Crippen molar-refractivity contribution in [3.05, 3.63) is 18.0 Å². The molecular formula is C14H23N3O2. The number of ether oxygens (including phenoxy) is 1. The summed E-state index contributed by atoms with van der Waals surface area (Å²) in [6, 6.07) is 1.94. The molecule has 0 amide bonds. The zero-order valence-electron chi connectivity index (χ0n) is 11.6. The first-order valence-corrected chi connectivity index (χ1v) is 7.23. The van der Waals surface area contributed by atoms with E-state index >= 15 is 0 Å². The molecule has 0 radical (unpaired) electrons. The fourth-order valence-electron chi connectivity index (χ4n) is 3.61. The number of aryl methyl sites for hydroxylation is 1. The van der Waals surface area contributed by atoms with Gasteiger partial charge in [-0.25, -0.2) is 0 Å². The van der Waals surface area contributed by atoms with Crippen LogP contribution in [-0.2, 0) is 11.8 Å². The van der Waals surface area contributed by atoms with Gasteiger partial charge in [0.25, 0.3) is 0 Å². The molecule has 0 spiro atoms. The summed E-state index contributed by atoms with van der Waals surface area (Å²) in [7, 11) is 1.90. The molecule has 5 heteroatoms. The van der Waals surface area contributed by atoms with Gasteiger partial charge in [-0.15, -0.1) is 0 Å². The summed E-state index contributed by atoms with van der Waals surface area (Å²) in [5, 5.41) is 15.3. The van der Waals surface area contributed by atoms with Crippen LogP contribution in [0.4, 0.5) is 0 Å². The van der Waals surface area contributed by atoms with Crippen LogP contribution >= 0.6 is 0 Å². The predicted molar refractivity (Wildman–Crippen MR) is 71.8 cm³/mol. The fraction of sp³-hybridized carbons (Fsp3) is 0.786.